The number of nitrogens with zero attached hydrogens (tertiary/aromatic N) is 7. The van der Waals surface area contributed by atoms with Crippen molar-refractivity contribution in [1.29, 1.82) is 0 Å². The molecular weight excluding hydrogens is 570 g/mol. The fraction of sp³-hybridized carbons (Fsp3) is 0.357. The average molecular weight is 598 g/mol. The summed E-state index contributed by atoms with van der Waals surface area (Å²) in [4.78, 5) is 36.3. The molecule has 2 aliphatic rings. The van der Waals surface area contributed by atoms with Gasteiger partial charge < -0.3 is 24.7 Å². The van der Waals surface area contributed by atoms with Gasteiger partial charge in [0.25, 0.3) is 5.91 Å². The number of alkyl halides is 3. The van der Waals surface area contributed by atoms with E-state index in [0.29, 0.717) is 28.5 Å². The number of fused-ring (bicyclic) bond motifs is 3. The lowest BCUT2D eigenvalue weighted by molar-refractivity contribution is -0.123. The predicted molar refractivity (Wildman–Crippen MR) is 146 cm³/mol. The minimum atomic E-state index is -4.59. The molecule has 1 aromatic carbocycles. The summed E-state index contributed by atoms with van der Waals surface area (Å²) in [7, 11) is 0. The van der Waals surface area contributed by atoms with Crippen molar-refractivity contribution in [3.05, 3.63) is 71.3 Å². The molecule has 1 saturated carbocycles. The van der Waals surface area contributed by atoms with Gasteiger partial charge in [0, 0.05) is 18.5 Å². The first-order valence-corrected chi connectivity index (χ1v) is 13.6. The van der Waals surface area contributed by atoms with Crippen LogP contribution in [0.5, 0.6) is 0 Å². The van der Waals surface area contributed by atoms with Crippen molar-refractivity contribution in [3.8, 4) is 17.2 Å². The van der Waals surface area contributed by atoms with Crippen molar-refractivity contribution in [3.63, 3.8) is 0 Å². The highest BCUT2D eigenvalue weighted by molar-refractivity contribution is 6.04. The zero-order chi connectivity index (χ0) is 30.5. The number of imidazole rings is 1. The number of urea groups is 1. The Labute approximate surface area is 243 Å². The standard InChI is InChI=1S/C28H27F4N9O2/c1-15(2)40-14-35-38-25(40)20-4-3-5-23(36-20)37-26(42)18-9-21-17(8-19(18)29)10-39(27(43)33-12-28(30,31)32)11-22-24(16-6-7-16)34-13-41(21)22/h3-5,8-9,13-16H,6-7,10-12H2,1-2H3,(H,33,43)(H,36,37,42). The van der Waals surface area contributed by atoms with Gasteiger partial charge in [-0.2, -0.15) is 13.2 Å². The van der Waals surface area contributed by atoms with Gasteiger partial charge in [-0.25, -0.2) is 19.2 Å². The van der Waals surface area contributed by atoms with Gasteiger partial charge in [0.15, 0.2) is 5.82 Å². The molecule has 2 N–H and O–H groups in total. The van der Waals surface area contributed by atoms with Gasteiger partial charge in [0.1, 0.15) is 30.2 Å². The molecule has 0 saturated heterocycles. The van der Waals surface area contributed by atoms with Crippen LogP contribution in [0.25, 0.3) is 17.2 Å². The van der Waals surface area contributed by atoms with E-state index in [1.165, 1.54) is 17.3 Å². The van der Waals surface area contributed by atoms with Crippen LogP contribution in [0.3, 0.4) is 0 Å². The third kappa shape index (κ3) is 5.79. The summed E-state index contributed by atoms with van der Waals surface area (Å²) in [5.41, 5.74) is 2.23. The highest BCUT2D eigenvalue weighted by Gasteiger charge is 2.35. The molecule has 0 bridgehead atoms. The first-order valence-electron chi connectivity index (χ1n) is 13.6. The Balaban J connectivity index is 1.32. The van der Waals surface area contributed by atoms with Gasteiger partial charge in [0.2, 0.25) is 0 Å². The summed E-state index contributed by atoms with van der Waals surface area (Å²) in [5.74, 6) is -0.787. The van der Waals surface area contributed by atoms with Gasteiger partial charge in [0.05, 0.1) is 35.5 Å². The number of carbonyl (C=O) groups excluding carboxylic acids is 2. The highest BCUT2D eigenvalue weighted by Crippen LogP contribution is 2.42. The van der Waals surface area contributed by atoms with Crippen LogP contribution in [0.1, 0.15) is 66.0 Å². The SMILES string of the molecule is CC(C)n1cnnc1-c1cccc(NC(=O)c2cc3c(cc2F)CN(C(=O)NCC(F)(F)F)Cc2c(C4CC4)ncn2-3)n1. The number of halogens is 4. The van der Waals surface area contributed by atoms with E-state index < -0.39 is 30.5 Å². The first-order chi connectivity index (χ1) is 20.5. The van der Waals surface area contributed by atoms with Crippen LogP contribution >= 0.6 is 0 Å². The van der Waals surface area contributed by atoms with Gasteiger partial charge in [-0.1, -0.05) is 6.07 Å². The fourth-order valence-electron chi connectivity index (χ4n) is 5.07. The Morgan fingerprint density at radius 1 is 1.12 bits per heavy atom. The summed E-state index contributed by atoms with van der Waals surface area (Å²) in [6.07, 6.45) is 0.323. The molecule has 224 valence electrons. The maximum atomic E-state index is 15.5. The molecule has 0 atom stereocenters. The summed E-state index contributed by atoms with van der Waals surface area (Å²) in [5, 5.41) is 12.6. The lowest BCUT2D eigenvalue weighted by Crippen LogP contribution is -2.43. The molecule has 11 nitrogen and oxygen atoms in total. The van der Waals surface area contributed by atoms with Crippen molar-refractivity contribution >= 4 is 17.8 Å². The highest BCUT2D eigenvalue weighted by atomic mass is 19.4. The van der Waals surface area contributed by atoms with Gasteiger partial charge >= 0.3 is 12.2 Å². The van der Waals surface area contributed by atoms with E-state index in [1.54, 1.807) is 29.1 Å². The quantitative estimate of drug-likeness (QED) is 0.303. The van der Waals surface area contributed by atoms with Crippen LogP contribution in [-0.2, 0) is 13.1 Å². The molecule has 4 heterocycles. The lowest BCUT2D eigenvalue weighted by atomic mass is 10.1. The number of carbonyl (C=O) groups is 2. The minimum absolute atomic E-state index is 0.0366. The van der Waals surface area contributed by atoms with E-state index in [2.05, 4.69) is 25.5 Å². The van der Waals surface area contributed by atoms with Crippen molar-refractivity contribution < 1.29 is 27.2 Å². The zero-order valence-corrected chi connectivity index (χ0v) is 23.2. The van der Waals surface area contributed by atoms with Crippen LogP contribution in [0.15, 0.2) is 43.0 Å². The fourth-order valence-corrected chi connectivity index (χ4v) is 5.07. The number of aromatic nitrogens is 6. The van der Waals surface area contributed by atoms with E-state index in [-0.39, 0.29) is 36.4 Å². The number of hydrogen-bond acceptors (Lipinski definition) is 6. The second-order valence-electron chi connectivity index (χ2n) is 10.8. The monoisotopic (exact) mass is 597 g/mol. The molecule has 1 aliphatic carbocycles. The maximum Gasteiger partial charge on any atom is 0.405 e. The van der Waals surface area contributed by atoms with E-state index in [1.807, 2.05) is 23.7 Å². The Hall–Kier alpha value is -4.82. The molecule has 0 spiro atoms. The van der Waals surface area contributed by atoms with Crippen molar-refractivity contribution in [2.24, 2.45) is 0 Å². The smallest absolute Gasteiger partial charge is 0.329 e. The molecular formula is C28H27F4N9O2. The largest absolute Gasteiger partial charge is 0.405 e. The lowest BCUT2D eigenvalue weighted by Gasteiger charge is -2.22. The summed E-state index contributed by atoms with van der Waals surface area (Å²) < 4.78 is 57.4. The molecule has 4 aromatic rings. The van der Waals surface area contributed by atoms with Crippen LogP contribution < -0.4 is 10.6 Å². The van der Waals surface area contributed by atoms with E-state index in [4.69, 9.17) is 0 Å². The number of benzene rings is 1. The number of hydrogen-bond donors (Lipinski definition) is 2. The molecule has 3 aromatic heterocycles. The van der Waals surface area contributed by atoms with Gasteiger partial charge in [-0.3, -0.25) is 4.79 Å². The molecule has 3 amide bonds. The molecule has 6 rings (SSSR count). The van der Waals surface area contributed by atoms with Gasteiger partial charge in [-0.15, -0.1) is 10.2 Å². The molecule has 1 aliphatic heterocycles. The normalized spacial score (nSPS) is 14.7. The van der Waals surface area contributed by atoms with E-state index >= 15 is 4.39 Å². The number of rotatable bonds is 6. The Bertz CT molecular complexity index is 1710. The minimum Gasteiger partial charge on any atom is -0.329 e. The van der Waals surface area contributed by atoms with Crippen molar-refractivity contribution in [1.82, 2.24) is 39.5 Å². The summed E-state index contributed by atoms with van der Waals surface area (Å²) in [6.45, 7) is 2.22. The number of pyridine rings is 1. The summed E-state index contributed by atoms with van der Waals surface area (Å²) >= 11 is 0. The Morgan fingerprint density at radius 3 is 2.63 bits per heavy atom. The third-order valence-corrected chi connectivity index (χ3v) is 7.31. The molecule has 15 heteroatoms. The second-order valence-corrected chi connectivity index (χ2v) is 10.8. The van der Waals surface area contributed by atoms with Crippen LogP contribution in [0.4, 0.5) is 28.2 Å². The Kier molecular flexibility index (Phi) is 7.10. The van der Waals surface area contributed by atoms with E-state index in [0.717, 1.165) is 24.6 Å². The van der Waals surface area contributed by atoms with E-state index in [9.17, 15) is 22.8 Å². The number of nitrogens with one attached hydrogen (secondary N) is 2. The predicted octanol–water partition coefficient (Wildman–Crippen LogP) is 4.96. The second kappa shape index (κ2) is 10.8. The Morgan fingerprint density at radius 2 is 1.91 bits per heavy atom. The van der Waals surface area contributed by atoms with Crippen molar-refractivity contribution in [2.75, 3.05) is 11.9 Å². The first kappa shape index (κ1) is 28.3. The number of anilines is 1. The molecule has 0 radical (unpaired) electrons. The van der Waals surface area contributed by atoms with Crippen LogP contribution in [-0.4, -0.2) is 58.9 Å². The molecule has 0 unspecified atom stereocenters. The average Bonchev–Trinajstić information content (AvgIpc) is 3.56. The number of amides is 3. The van der Waals surface area contributed by atoms with Gasteiger partial charge in [-0.05, 0) is 56.5 Å². The van der Waals surface area contributed by atoms with Crippen LogP contribution in [0, 0.1) is 5.82 Å². The van der Waals surface area contributed by atoms with Crippen LogP contribution in [0.2, 0.25) is 0 Å². The summed E-state index contributed by atoms with van der Waals surface area (Å²) in [6, 6.07) is 6.57. The van der Waals surface area contributed by atoms with Crippen molar-refractivity contribution in [2.45, 2.75) is 57.9 Å². The zero-order valence-electron chi connectivity index (χ0n) is 23.2. The topological polar surface area (TPSA) is 123 Å². The molecule has 43 heavy (non-hydrogen) atoms. The maximum absolute atomic E-state index is 15.5. The molecule has 1 fully saturated rings. The third-order valence-electron chi connectivity index (χ3n) is 7.31.